The molecule has 2 aliphatic heterocycles. The van der Waals surface area contributed by atoms with Crippen molar-refractivity contribution in [1.29, 1.82) is 0 Å². The summed E-state index contributed by atoms with van der Waals surface area (Å²) in [6.45, 7) is 2.20. The Morgan fingerprint density at radius 2 is 1.43 bits per heavy atom. The normalized spacial score (nSPS) is 22.1. The van der Waals surface area contributed by atoms with Crippen LogP contribution in [-0.2, 0) is 0 Å². The minimum absolute atomic E-state index is 0.390. The zero-order valence-electron chi connectivity index (χ0n) is 24.0. The molecule has 2 heterocycles. The first-order chi connectivity index (χ1) is 20.7. The molecule has 4 aliphatic rings. The maximum Gasteiger partial charge on any atom is 0.155 e. The van der Waals surface area contributed by atoms with Gasteiger partial charge < -0.3 is 0 Å². The van der Waals surface area contributed by atoms with Gasteiger partial charge in [0.05, 0.1) is 0 Å². The van der Waals surface area contributed by atoms with Crippen LogP contribution in [0, 0.1) is 12.8 Å². The molecular weight excluding hydrogens is 506 g/mol. The summed E-state index contributed by atoms with van der Waals surface area (Å²) in [5.41, 5.74) is 16.3. The second kappa shape index (κ2) is 9.98. The molecule has 1 spiro atoms. The molecule has 0 N–H and O–H groups in total. The van der Waals surface area contributed by atoms with E-state index in [1.54, 1.807) is 0 Å². The molecule has 2 atom stereocenters. The van der Waals surface area contributed by atoms with E-state index < -0.39 is 0 Å². The van der Waals surface area contributed by atoms with Crippen LogP contribution in [0.5, 0.6) is 0 Å². The van der Waals surface area contributed by atoms with Crippen molar-refractivity contribution < 1.29 is 0 Å². The van der Waals surface area contributed by atoms with E-state index in [1.807, 2.05) is 0 Å². The first-order valence-electron chi connectivity index (χ1n) is 15.2. The zero-order valence-corrected chi connectivity index (χ0v) is 24.0. The fourth-order valence-electron chi connectivity index (χ4n) is 7.39. The highest BCUT2D eigenvalue weighted by Gasteiger charge is 2.51. The number of fused-ring (bicyclic) bond motifs is 4. The zero-order chi connectivity index (χ0) is 28.1. The number of quaternary nitrogens is 1. The maximum atomic E-state index is 2.56. The third kappa shape index (κ3) is 3.89. The number of hydrogen-bond acceptors (Lipinski definition) is 0. The molecule has 2 unspecified atom stereocenters. The number of benzene rings is 4. The third-order valence-electron chi connectivity index (χ3n) is 9.45. The molecule has 4 aromatic rings. The van der Waals surface area contributed by atoms with Crippen LogP contribution in [-0.4, -0.2) is 0 Å². The predicted octanol–water partition coefficient (Wildman–Crippen LogP) is 10.6. The molecule has 0 bridgehead atoms. The summed E-state index contributed by atoms with van der Waals surface area (Å²) in [5, 5.41) is 0. The van der Waals surface area contributed by atoms with Gasteiger partial charge in [-0.25, -0.2) is 0 Å². The molecule has 1 nitrogen and oxygen atoms in total. The van der Waals surface area contributed by atoms with Crippen LogP contribution in [0.25, 0.3) is 28.0 Å². The van der Waals surface area contributed by atoms with Crippen molar-refractivity contribution in [2.45, 2.75) is 26.2 Å². The van der Waals surface area contributed by atoms with E-state index in [-0.39, 0.29) is 0 Å². The number of para-hydroxylation sites is 1. The van der Waals surface area contributed by atoms with Crippen molar-refractivity contribution in [3.05, 3.63) is 179 Å². The van der Waals surface area contributed by atoms with E-state index in [4.69, 9.17) is 0 Å². The second-order valence-corrected chi connectivity index (χ2v) is 11.8. The van der Waals surface area contributed by atoms with E-state index in [0.717, 1.165) is 19.3 Å². The Kier molecular flexibility index (Phi) is 5.94. The largest absolute Gasteiger partial charge is 0.199 e. The average Bonchev–Trinajstić information content (AvgIpc) is 3.59. The number of aryl methyl sites for hydroxylation is 1. The summed E-state index contributed by atoms with van der Waals surface area (Å²) >= 11 is 0. The van der Waals surface area contributed by atoms with Gasteiger partial charge in [-0.2, -0.15) is 4.48 Å². The molecule has 0 fully saturated rings. The minimum Gasteiger partial charge on any atom is -0.199 e. The molecule has 0 amide bonds. The van der Waals surface area contributed by atoms with Gasteiger partial charge in [0.15, 0.2) is 17.1 Å². The van der Waals surface area contributed by atoms with Gasteiger partial charge in [-0.15, -0.1) is 0 Å². The SMILES string of the molecule is Cc1ccccc1-c1cccc(C2=CC3=C(CC2)c2ccccc2[N+]32C=C(C3C=CC=CC3)C=C2c2ccccc2)c1. The highest BCUT2D eigenvalue weighted by atomic mass is 15.4. The number of rotatable bonds is 4. The van der Waals surface area contributed by atoms with Crippen LogP contribution in [0.4, 0.5) is 5.69 Å². The van der Waals surface area contributed by atoms with Gasteiger partial charge in [0.1, 0.15) is 6.20 Å². The van der Waals surface area contributed by atoms with Crippen LogP contribution < -0.4 is 4.48 Å². The minimum atomic E-state index is 0.390. The van der Waals surface area contributed by atoms with Crippen LogP contribution in [0.3, 0.4) is 0 Å². The predicted molar refractivity (Wildman–Crippen MR) is 178 cm³/mol. The lowest BCUT2D eigenvalue weighted by molar-refractivity contribution is 0.657. The summed E-state index contributed by atoms with van der Waals surface area (Å²) in [7, 11) is 0. The standard InChI is InChI=1S/C41H34N/c1-29-13-8-9-20-36(29)34-19-12-18-32(25-34)33-23-24-38-37-21-10-11-22-39(37)42(41(38)26-33)28-35(30-14-4-2-5-15-30)27-40(42)31-16-6-3-7-17-31/h2-14,16-22,25-28,30H,15,23-24H2,1H3/q+1. The fourth-order valence-corrected chi connectivity index (χ4v) is 7.39. The van der Waals surface area contributed by atoms with Gasteiger partial charge >= 0.3 is 0 Å². The summed E-state index contributed by atoms with van der Waals surface area (Å²) in [6, 6.07) is 38.0. The number of hydrogen-bond donors (Lipinski definition) is 0. The molecule has 4 aromatic carbocycles. The Morgan fingerprint density at radius 3 is 2.26 bits per heavy atom. The van der Waals surface area contributed by atoms with Gasteiger partial charge in [-0.3, -0.25) is 0 Å². The van der Waals surface area contributed by atoms with Crippen LogP contribution in [0.1, 0.15) is 41.5 Å². The van der Waals surface area contributed by atoms with Gasteiger partial charge in [-0.05, 0) is 78.3 Å². The summed E-state index contributed by atoms with van der Waals surface area (Å²) < 4.78 is 0.667. The van der Waals surface area contributed by atoms with E-state index in [0.29, 0.717) is 10.4 Å². The molecule has 2 aliphatic carbocycles. The Morgan fingerprint density at radius 1 is 0.667 bits per heavy atom. The Hall–Kier alpha value is -4.72. The Labute approximate surface area is 249 Å². The fraction of sp³-hybridized carbons (Fsp3) is 0.122. The van der Waals surface area contributed by atoms with Crippen molar-refractivity contribution >= 4 is 22.5 Å². The lowest BCUT2D eigenvalue weighted by Gasteiger charge is -2.33. The van der Waals surface area contributed by atoms with Crippen LogP contribution in [0.2, 0.25) is 0 Å². The molecule has 0 aromatic heterocycles. The summed E-state index contributed by atoms with van der Waals surface area (Å²) in [4.78, 5) is 0. The van der Waals surface area contributed by atoms with Crippen LogP contribution in [0.15, 0.2) is 157 Å². The van der Waals surface area contributed by atoms with E-state index in [9.17, 15) is 0 Å². The monoisotopic (exact) mass is 540 g/mol. The van der Waals surface area contributed by atoms with Gasteiger partial charge in [0, 0.05) is 46.4 Å². The molecule has 0 radical (unpaired) electrons. The number of nitrogens with zero attached hydrogens (tertiary/aromatic N) is 1. The molecule has 202 valence electrons. The molecular formula is C41H34N+. The van der Waals surface area contributed by atoms with Gasteiger partial charge in [0.2, 0.25) is 0 Å². The van der Waals surface area contributed by atoms with Crippen molar-refractivity contribution in [3.8, 4) is 11.1 Å². The highest BCUT2D eigenvalue weighted by Crippen LogP contribution is 2.58. The van der Waals surface area contributed by atoms with Gasteiger partial charge in [-0.1, -0.05) is 97.1 Å². The van der Waals surface area contributed by atoms with E-state index >= 15 is 0 Å². The first-order valence-corrected chi connectivity index (χ1v) is 15.2. The molecule has 0 saturated heterocycles. The smallest absolute Gasteiger partial charge is 0.155 e. The second-order valence-electron chi connectivity index (χ2n) is 11.8. The van der Waals surface area contributed by atoms with Crippen molar-refractivity contribution in [2.24, 2.45) is 5.92 Å². The summed E-state index contributed by atoms with van der Waals surface area (Å²) in [6.07, 6.45) is 19.7. The molecule has 1 heteroatoms. The number of allylic oxidation sites excluding steroid dienone is 9. The highest BCUT2D eigenvalue weighted by molar-refractivity contribution is 6.00. The lowest BCUT2D eigenvalue weighted by atomic mass is 9.88. The summed E-state index contributed by atoms with van der Waals surface area (Å²) in [5.74, 6) is 0.390. The van der Waals surface area contributed by atoms with E-state index in [2.05, 4.69) is 153 Å². The molecule has 42 heavy (non-hydrogen) atoms. The van der Waals surface area contributed by atoms with E-state index in [1.165, 1.54) is 67.2 Å². The third-order valence-corrected chi connectivity index (χ3v) is 9.45. The maximum absolute atomic E-state index is 2.56. The topological polar surface area (TPSA) is 0 Å². The van der Waals surface area contributed by atoms with Crippen molar-refractivity contribution in [2.75, 3.05) is 0 Å². The van der Waals surface area contributed by atoms with Crippen LogP contribution >= 0.6 is 0 Å². The first kappa shape index (κ1) is 25.0. The Bertz CT molecular complexity index is 1910. The van der Waals surface area contributed by atoms with Crippen molar-refractivity contribution in [3.63, 3.8) is 0 Å². The van der Waals surface area contributed by atoms with Gasteiger partial charge in [0.25, 0.3) is 0 Å². The Balaban J connectivity index is 1.32. The quantitative estimate of drug-likeness (QED) is 0.226. The molecule has 8 rings (SSSR count). The molecule has 0 saturated carbocycles. The van der Waals surface area contributed by atoms with Crippen molar-refractivity contribution in [1.82, 2.24) is 4.48 Å². The lowest BCUT2D eigenvalue weighted by Crippen LogP contribution is -2.37. The average molecular weight is 541 g/mol.